The van der Waals surface area contributed by atoms with Crippen LogP contribution in [0.5, 0.6) is 17.2 Å². The maximum atomic E-state index is 12.9. The molecule has 27 heavy (non-hydrogen) atoms. The van der Waals surface area contributed by atoms with Gasteiger partial charge in [0.2, 0.25) is 16.8 Å². The number of ether oxygens (including phenoxy) is 3. The minimum Gasteiger partial charge on any atom is -0.494 e. The molecule has 2 heterocycles. The van der Waals surface area contributed by atoms with Crippen molar-refractivity contribution in [2.45, 2.75) is 11.8 Å². The van der Waals surface area contributed by atoms with Crippen LogP contribution in [0.15, 0.2) is 47.4 Å². The van der Waals surface area contributed by atoms with E-state index in [2.05, 4.69) is 4.90 Å². The summed E-state index contributed by atoms with van der Waals surface area (Å²) in [5, 5.41) is 0. The third-order valence-electron chi connectivity index (χ3n) is 4.73. The lowest BCUT2D eigenvalue weighted by Crippen LogP contribution is -2.48. The van der Waals surface area contributed by atoms with E-state index in [-0.39, 0.29) is 11.7 Å². The highest BCUT2D eigenvalue weighted by molar-refractivity contribution is 7.89. The third-order valence-corrected chi connectivity index (χ3v) is 6.63. The van der Waals surface area contributed by atoms with Crippen LogP contribution < -0.4 is 19.1 Å². The van der Waals surface area contributed by atoms with Gasteiger partial charge in [0.25, 0.3) is 0 Å². The van der Waals surface area contributed by atoms with Crippen LogP contribution in [0.4, 0.5) is 5.69 Å². The number of anilines is 1. The molecule has 2 aliphatic heterocycles. The molecule has 0 saturated carbocycles. The molecule has 0 aliphatic carbocycles. The molecule has 8 heteroatoms. The molecule has 0 unspecified atom stereocenters. The molecule has 0 bridgehead atoms. The molecule has 0 N–H and O–H groups in total. The van der Waals surface area contributed by atoms with Crippen LogP contribution in [-0.2, 0) is 10.0 Å². The lowest BCUT2D eigenvalue weighted by atomic mass is 10.2. The molecule has 0 radical (unpaired) electrons. The molecule has 144 valence electrons. The molecule has 0 spiro atoms. The highest BCUT2D eigenvalue weighted by Gasteiger charge is 2.30. The molecule has 2 aromatic carbocycles. The summed E-state index contributed by atoms with van der Waals surface area (Å²) in [5.41, 5.74) is 1.07. The molecule has 1 fully saturated rings. The summed E-state index contributed by atoms with van der Waals surface area (Å²) in [5.74, 6) is 1.89. The van der Waals surface area contributed by atoms with Crippen LogP contribution in [-0.4, -0.2) is 52.3 Å². The summed E-state index contributed by atoms with van der Waals surface area (Å²) in [6.45, 7) is 4.85. The Balaban J connectivity index is 1.43. The fraction of sp³-hybridized carbons (Fsp3) is 0.368. The summed E-state index contributed by atoms with van der Waals surface area (Å²) in [4.78, 5) is 2.42. The van der Waals surface area contributed by atoms with Gasteiger partial charge in [0, 0.05) is 37.9 Å². The number of sulfonamides is 1. The normalized spacial score (nSPS) is 17.1. The van der Waals surface area contributed by atoms with E-state index in [0.29, 0.717) is 44.3 Å². The van der Waals surface area contributed by atoms with Gasteiger partial charge in [-0.15, -0.1) is 0 Å². The van der Waals surface area contributed by atoms with Crippen molar-refractivity contribution in [3.63, 3.8) is 0 Å². The second-order valence-electron chi connectivity index (χ2n) is 6.33. The number of benzene rings is 2. The fourth-order valence-corrected chi connectivity index (χ4v) is 4.73. The second-order valence-corrected chi connectivity index (χ2v) is 8.27. The molecule has 4 rings (SSSR count). The molecule has 0 aromatic heterocycles. The van der Waals surface area contributed by atoms with Crippen molar-refractivity contribution < 1.29 is 22.6 Å². The first-order chi connectivity index (χ1) is 13.1. The minimum absolute atomic E-state index is 0.125. The first-order valence-corrected chi connectivity index (χ1v) is 10.4. The number of piperazine rings is 1. The van der Waals surface area contributed by atoms with E-state index >= 15 is 0 Å². The Hall–Kier alpha value is -2.45. The maximum absolute atomic E-state index is 12.9. The van der Waals surface area contributed by atoms with Crippen LogP contribution in [0, 0.1) is 0 Å². The van der Waals surface area contributed by atoms with Gasteiger partial charge < -0.3 is 19.1 Å². The van der Waals surface area contributed by atoms with Gasteiger partial charge in [0.1, 0.15) is 5.75 Å². The van der Waals surface area contributed by atoms with E-state index in [0.717, 1.165) is 11.4 Å². The van der Waals surface area contributed by atoms with Crippen molar-refractivity contribution in [1.82, 2.24) is 4.31 Å². The zero-order valence-electron chi connectivity index (χ0n) is 15.1. The van der Waals surface area contributed by atoms with Gasteiger partial charge in [-0.25, -0.2) is 8.42 Å². The lowest BCUT2D eigenvalue weighted by molar-refractivity contribution is 0.174. The van der Waals surface area contributed by atoms with E-state index in [4.69, 9.17) is 14.2 Å². The number of nitrogens with zero attached hydrogens (tertiary/aromatic N) is 2. The second kappa shape index (κ2) is 7.28. The summed E-state index contributed by atoms with van der Waals surface area (Å²) in [6.07, 6.45) is 0. The summed E-state index contributed by atoms with van der Waals surface area (Å²) in [7, 11) is -3.55. The quantitative estimate of drug-likeness (QED) is 0.781. The number of hydrogen-bond acceptors (Lipinski definition) is 6. The largest absolute Gasteiger partial charge is 0.494 e. The highest BCUT2D eigenvalue weighted by atomic mass is 32.2. The van der Waals surface area contributed by atoms with Gasteiger partial charge in [-0.1, -0.05) is 0 Å². The molecule has 2 aliphatic rings. The van der Waals surface area contributed by atoms with Crippen LogP contribution in [0.3, 0.4) is 0 Å². The number of fused-ring (bicyclic) bond motifs is 1. The van der Waals surface area contributed by atoms with Gasteiger partial charge in [-0.3, -0.25) is 0 Å². The lowest BCUT2D eigenvalue weighted by Gasteiger charge is -2.35. The Morgan fingerprint density at radius 3 is 2.37 bits per heavy atom. The van der Waals surface area contributed by atoms with Crippen molar-refractivity contribution in [3.8, 4) is 17.2 Å². The highest BCUT2D eigenvalue weighted by Crippen LogP contribution is 2.35. The monoisotopic (exact) mass is 390 g/mol. The van der Waals surface area contributed by atoms with Gasteiger partial charge >= 0.3 is 0 Å². The van der Waals surface area contributed by atoms with E-state index in [9.17, 15) is 8.42 Å². The molecule has 7 nitrogen and oxygen atoms in total. The average Bonchev–Trinajstić information content (AvgIpc) is 3.17. The Labute approximate surface area is 159 Å². The summed E-state index contributed by atoms with van der Waals surface area (Å²) < 4.78 is 43.4. The Morgan fingerprint density at radius 2 is 1.67 bits per heavy atom. The average molecular weight is 390 g/mol. The smallest absolute Gasteiger partial charge is 0.243 e. The van der Waals surface area contributed by atoms with Crippen molar-refractivity contribution in [2.75, 3.05) is 44.5 Å². The molecular formula is C19H22N2O5S. The number of hydrogen-bond donors (Lipinski definition) is 0. The number of rotatable bonds is 5. The first-order valence-electron chi connectivity index (χ1n) is 8.95. The van der Waals surface area contributed by atoms with E-state index in [1.165, 1.54) is 10.4 Å². The fourth-order valence-electron chi connectivity index (χ4n) is 3.29. The zero-order chi connectivity index (χ0) is 18.9. The predicted molar refractivity (Wildman–Crippen MR) is 101 cm³/mol. The summed E-state index contributed by atoms with van der Waals surface area (Å²) >= 11 is 0. The van der Waals surface area contributed by atoms with Crippen LogP contribution in [0.25, 0.3) is 0 Å². The topological polar surface area (TPSA) is 68.3 Å². The minimum atomic E-state index is -3.55. The van der Waals surface area contributed by atoms with E-state index in [1.807, 2.05) is 31.2 Å². The van der Waals surface area contributed by atoms with Crippen LogP contribution in [0.1, 0.15) is 6.92 Å². The molecular weight excluding hydrogens is 368 g/mol. The Morgan fingerprint density at radius 1 is 0.963 bits per heavy atom. The van der Waals surface area contributed by atoms with Gasteiger partial charge in [0.05, 0.1) is 11.5 Å². The van der Waals surface area contributed by atoms with E-state index in [1.54, 1.807) is 12.1 Å². The van der Waals surface area contributed by atoms with Crippen molar-refractivity contribution in [1.29, 1.82) is 0 Å². The molecule has 2 aromatic rings. The predicted octanol–water partition coefficient (Wildman–Crippen LogP) is 2.32. The van der Waals surface area contributed by atoms with Gasteiger partial charge in [-0.2, -0.15) is 4.31 Å². The summed E-state index contributed by atoms with van der Waals surface area (Å²) in [6, 6.07) is 12.6. The standard InChI is InChI=1S/C19H22N2O5S/c1-2-24-16-5-3-15(4-6-16)20-9-11-21(12-10-20)27(22,23)17-7-8-18-19(13-17)26-14-25-18/h3-8,13H,2,9-12,14H2,1H3. The van der Waals surface area contributed by atoms with Crippen LogP contribution in [0.2, 0.25) is 0 Å². The Kier molecular flexibility index (Phi) is 4.84. The third kappa shape index (κ3) is 3.54. The van der Waals surface area contributed by atoms with Crippen molar-refractivity contribution >= 4 is 15.7 Å². The maximum Gasteiger partial charge on any atom is 0.243 e. The zero-order valence-corrected chi connectivity index (χ0v) is 15.9. The SMILES string of the molecule is CCOc1ccc(N2CCN(S(=O)(=O)c3ccc4c(c3)OCO4)CC2)cc1. The Bertz CT molecular complexity index is 906. The molecule has 0 atom stereocenters. The first kappa shape index (κ1) is 17.9. The molecule has 0 amide bonds. The van der Waals surface area contributed by atoms with Crippen molar-refractivity contribution in [3.05, 3.63) is 42.5 Å². The molecule has 1 saturated heterocycles. The van der Waals surface area contributed by atoms with Crippen LogP contribution >= 0.6 is 0 Å². The van der Waals surface area contributed by atoms with Gasteiger partial charge in [0.15, 0.2) is 11.5 Å². The van der Waals surface area contributed by atoms with Crippen molar-refractivity contribution in [2.24, 2.45) is 0 Å². The van der Waals surface area contributed by atoms with E-state index < -0.39 is 10.0 Å². The van der Waals surface area contributed by atoms with Gasteiger partial charge in [-0.05, 0) is 43.3 Å².